The van der Waals surface area contributed by atoms with Crippen LogP contribution < -0.4 is 5.56 Å². The first-order chi connectivity index (χ1) is 11.6. The summed E-state index contributed by atoms with van der Waals surface area (Å²) in [4.78, 5) is 32.5. The number of ether oxygens (including phenoxy) is 1. The topological polar surface area (TPSA) is 75.3 Å². The lowest BCUT2D eigenvalue weighted by Gasteiger charge is -2.25. The summed E-state index contributed by atoms with van der Waals surface area (Å²) in [5, 5.41) is 0.00169. The van der Waals surface area contributed by atoms with Gasteiger partial charge >= 0.3 is 0 Å². The van der Waals surface area contributed by atoms with Gasteiger partial charge in [0.1, 0.15) is 5.02 Å². The highest BCUT2D eigenvalue weighted by atomic mass is 35.5. The third-order valence-electron chi connectivity index (χ3n) is 3.96. The van der Waals surface area contributed by atoms with Crippen LogP contribution in [0.3, 0.4) is 0 Å². The molecule has 1 fully saturated rings. The fraction of sp³-hybridized carbons (Fsp3) is 0.353. The molecule has 2 aromatic heterocycles. The molecule has 1 atom stereocenters. The number of nitrogens with one attached hydrogen (secondary N) is 1. The van der Waals surface area contributed by atoms with Crippen molar-refractivity contribution in [2.45, 2.75) is 25.5 Å². The maximum Gasteiger partial charge on any atom is 0.266 e. The highest BCUT2D eigenvalue weighted by Crippen LogP contribution is 2.17. The highest BCUT2D eigenvalue weighted by molar-refractivity contribution is 6.30. The number of carbonyl (C=O) groups is 1. The van der Waals surface area contributed by atoms with E-state index < -0.39 is 5.56 Å². The van der Waals surface area contributed by atoms with Crippen LogP contribution in [-0.4, -0.2) is 40.0 Å². The van der Waals surface area contributed by atoms with Gasteiger partial charge in [0, 0.05) is 38.3 Å². The number of carbonyl (C=O) groups excluding carboxylic acids is 1. The van der Waals surface area contributed by atoms with Crippen molar-refractivity contribution < 1.29 is 9.53 Å². The largest absolute Gasteiger partial charge is 0.376 e. The number of halogens is 1. The van der Waals surface area contributed by atoms with Crippen molar-refractivity contribution in [2.24, 2.45) is 0 Å². The predicted molar refractivity (Wildman–Crippen MR) is 90.0 cm³/mol. The van der Waals surface area contributed by atoms with Crippen LogP contribution in [0.25, 0.3) is 0 Å². The molecule has 3 heterocycles. The Labute approximate surface area is 144 Å². The van der Waals surface area contributed by atoms with E-state index in [1.165, 1.54) is 12.3 Å². The summed E-state index contributed by atoms with van der Waals surface area (Å²) in [6.45, 7) is 1.67. The fourth-order valence-corrected chi connectivity index (χ4v) is 2.90. The van der Waals surface area contributed by atoms with Gasteiger partial charge in [-0.15, -0.1) is 0 Å². The number of hydrogen-bond donors (Lipinski definition) is 1. The normalized spacial score (nSPS) is 17.0. The van der Waals surface area contributed by atoms with Crippen LogP contribution >= 0.6 is 11.6 Å². The summed E-state index contributed by atoms with van der Waals surface area (Å²) < 4.78 is 5.66. The summed E-state index contributed by atoms with van der Waals surface area (Å²) in [5.41, 5.74) is 0.923. The van der Waals surface area contributed by atoms with Gasteiger partial charge in [-0.1, -0.05) is 11.6 Å². The van der Waals surface area contributed by atoms with Crippen molar-refractivity contribution in [1.82, 2.24) is 14.9 Å². The minimum absolute atomic E-state index is 0.00169. The maximum absolute atomic E-state index is 12.9. The molecule has 0 radical (unpaired) electrons. The maximum atomic E-state index is 12.9. The number of nitrogens with zero attached hydrogens (tertiary/aromatic N) is 2. The molecule has 0 bridgehead atoms. The third kappa shape index (κ3) is 4.01. The van der Waals surface area contributed by atoms with E-state index in [9.17, 15) is 9.59 Å². The van der Waals surface area contributed by atoms with Gasteiger partial charge in [0.05, 0.1) is 11.7 Å². The molecule has 1 unspecified atom stereocenters. The number of rotatable bonds is 5. The van der Waals surface area contributed by atoms with E-state index in [4.69, 9.17) is 16.3 Å². The van der Waals surface area contributed by atoms with E-state index in [1.807, 2.05) is 12.1 Å². The molecule has 126 valence electrons. The molecule has 0 aromatic carbocycles. The van der Waals surface area contributed by atoms with Gasteiger partial charge in [0.2, 0.25) is 0 Å². The van der Waals surface area contributed by atoms with Crippen LogP contribution in [0.5, 0.6) is 0 Å². The first-order valence-corrected chi connectivity index (χ1v) is 8.19. The highest BCUT2D eigenvalue weighted by Gasteiger charge is 2.24. The van der Waals surface area contributed by atoms with E-state index in [-0.39, 0.29) is 17.0 Å². The van der Waals surface area contributed by atoms with Crippen molar-refractivity contribution in [3.05, 3.63) is 63.3 Å². The van der Waals surface area contributed by atoms with Gasteiger partial charge in [-0.05, 0) is 36.6 Å². The number of aromatic amines is 1. The molecule has 1 amide bonds. The summed E-state index contributed by atoms with van der Waals surface area (Å²) in [6.07, 6.45) is 6.76. The predicted octanol–water partition coefficient (Wildman–Crippen LogP) is 2.24. The average molecular weight is 348 g/mol. The number of amides is 1. The number of aromatic nitrogens is 2. The Hall–Kier alpha value is -2.18. The van der Waals surface area contributed by atoms with E-state index in [2.05, 4.69) is 9.97 Å². The minimum atomic E-state index is -0.409. The standard InChI is InChI=1S/C17H18ClN3O3/c18-15-8-13(9-20-16(15)22)17(23)21(11-14-2-1-7-24-14)10-12-3-5-19-6-4-12/h3-6,8-9,14H,1-2,7,10-11H2,(H,20,22). The summed E-state index contributed by atoms with van der Waals surface area (Å²) in [6, 6.07) is 5.14. The monoisotopic (exact) mass is 347 g/mol. The quantitative estimate of drug-likeness (QED) is 0.900. The lowest BCUT2D eigenvalue weighted by molar-refractivity contribution is 0.0507. The Morgan fingerprint density at radius 2 is 2.21 bits per heavy atom. The SMILES string of the molecule is O=C(c1c[nH]c(=O)c(Cl)c1)N(Cc1ccncc1)CC1CCCO1. The average Bonchev–Trinajstić information content (AvgIpc) is 3.10. The molecule has 0 saturated carbocycles. The molecular weight excluding hydrogens is 330 g/mol. The summed E-state index contributed by atoms with van der Waals surface area (Å²) in [7, 11) is 0. The van der Waals surface area contributed by atoms with Crippen LogP contribution in [0.4, 0.5) is 0 Å². The van der Waals surface area contributed by atoms with Crippen LogP contribution in [-0.2, 0) is 11.3 Å². The van der Waals surface area contributed by atoms with E-state index >= 15 is 0 Å². The van der Waals surface area contributed by atoms with Gasteiger partial charge in [-0.25, -0.2) is 0 Å². The molecule has 1 N–H and O–H groups in total. The molecule has 0 aliphatic carbocycles. The second-order valence-electron chi connectivity index (χ2n) is 5.74. The lowest BCUT2D eigenvalue weighted by atomic mass is 10.1. The van der Waals surface area contributed by atoms with E-state index in [0.717, 1.165) is 25.0 Å². The second-order valence-corrected chi connectivity index (χ2v) is 6.15. The van der Waals surface area contributed by atoms with Crippen LogP contribution in [0.2, 0.25) is 5.02 Å². The van der Waals surface area contributed by atoms with Crippen LogP contribution in [0.15, 0.2) is 41.6 Å². The zero-order chi connectivity index (χ0) is 16.9. The van der Waals surface area contributed by atoms with Gasteiger partial charge < -0.3 is 14.6 Å². The second kappa shape index (κ2) is 7.59. The Morgan fingerprint density at radius 1 is 1.42 bits per heavy atom. The Morgan fingerprint density at radius 3 is 2.88 bits per heavy atom. The molecule has 24 heavy (non-hydrogen) atoms. The molecule has 2 aromatic rings. The number of H-pyrrole nitrogens is 1. The summed E-state index contributed by atoms with van der Waals surface area (Å²) >= 11 is 5.85. The zero-order valence-corrected chi connectivity index (χ0v) is 13.8. The molecular formula is C17H18ClN3O3. The molecule has 3 rings (SSSR count). The molecule has 1 saturated heterocycles. The molecule has 6 nitrogen and oxygen atoms in total. The van der Waals surface area contributed by atoms with Crippen molar-refractivity contribution in [3.8, 4) is 0 Å². The van der Waals surface area contributed by atoms with Crippen molar-refractivity contribution in [3.63, 3.8) is 0 Å². The minimum Gasteiger partial charge on any atom is -0.376 e. The fourth-order valence-electron chi connectivity index (χ4n) is 2.72. The molecule has 1 aliphatic rings. The van der Waals surface area contributed by atoms with Crippen molar-refractivity contribution in [2.75, 3.05) is 13.2 Å². The number of hydrogen-bond acceptors (Lipinski definition) is 4. The van der Waals surface area contributed by atoms with E-state index in [1.54, 1.807) is 17.3 Å². The Balaban J connectivity index is 1.82. The molecule has 1 aliphatic heterocycles. The molecule has 7 heteroatoms. The van der Waals surface area contributed by atoms with Crippen LogP contribution in [0, 0.1) is 0 Å². The van der Waals surface area contributed by atoms with E-state index in [0.29, 0.717) is 18.7 Å². The smallest absolute Gasteiger partial charge is 0.266 e. The lowest BCUT2D eigenvalue weighted by Crippen LogP contribution is -2.37. The van der Waals surface area contributed by atoms with Gasteiger partial charge in [-0.3, -0.25) is 14.6 Å². The van der Waals surface area contributed by atoms with Gasteiger partial charge in [0.15, 0.2) is 0 Å². The van der Waals surface area contributed by atoms with Crippen molar-refractivity contribution >= 4 is 17.5 Å². The zero-order valence-electron chi connectivity index (χ0n) is 13.1. The number of pyridine rings is 2. The Kier molecular flexibility index (Phi) is 5.27. The Bertz CT molecular complexity index is 757. The first-order valence-electron chi connectivity index (χ1n) is 7.81. The third-order valence-corrected chi connectivity index (χ3v) is 4.24. The first kappa shape index (κ1) is 16.7. The summed E-state index contributed by atoms with van der Waals surface area (Å²) in [5.74, 6) is -0.194. The molecule has 0 spiro atoms. The van der Waals surface area contributed by atoms with Crippen molar-refractivity contribution in [1.29, 1.82) is 0 Å². The van der Waals surface area contributed by atoms with Crippen LogP contribution in [0.1, 0.15) is 28.8 Å². The van der Waals surface area contributed by atoms with Gasteiger partial charge in [-0.2, -0.15) is 0 Å². The van der Waals surface area contributed by atoms with Gasteiger partial charge in [0.25, 0.3) is 11.5 Å².